The molecule has 1 atom stereocenters. The molecule has 3 rings (SSSR count). The van der Waals surface area contributed by atoms with Crippen molar-refractivity contribution in [1.82, 2.24) is 9.97 Å². The van der Waals surface area contributed by atoms with Gasteiger partial charge in [0.2, 0.25) is 9.84 Å². The summed E-state index contributed by atoms with van der Waals surface area (Å²) in [5.74, 6) is -1.42. The maximum absolute atomic E-state index is 14.1. The van der Waals surface area contributed by atoms with Gasteiger partial charge < -0.3 is 15.6 Å². The molecule has 0 fully saturated rings. The van der Waals surface area contributed by atoms with Gasteiger partial charge in [-0.3, -0.25) is 14.7 Å². The molecule has 40 heavy (non-hydrogen) atoms. The number of nitrogens with two attached hydrogens (primary N) is 1. The summed E-state index contributed by atoms with van der Waals surface area (Å²) in [6.45, 7) is 10.4. The largest absolute Gasteiger partial charge is 0.480 e. The Morgan fingerprint density at radius 3 is 2.15 bits per heavy atom. The van der Waals surface area contributed by atoms with Gasteiger partial charge >= 0.3 is 12.1 Å². The van der Waals surface area contributed by atoms with Gasteiger partial charge in [-0.15, -0.1) is 0 Å². The lowest BCUT2D eigenvalue weighted by Gasteiger charge is -2.31. The van der Waals surface area contributed by atoms with Crippen LogP contribution in [0.15, 0.2) is 71.9 Å². The number of anilines is 1. The second-order valence-electron chi connectivity index (χ2n) is 11.5. The zero-order valence-corrected chi connectivity index (χ0v) is 24.4. The normalized spacial score (nSPS) is 13.8. The Hall–Kier alpha value is -3.83. The van der Waals surface area contributed by atoms with Gasteiger partial charge in [-0.25, -0.2) is 18.2 Å². The van der Waals surface area contributed by atoms with E-state index < -0.39 is 38.9 Å². The molecular formula is C29H36N4O6S. The van der Waals surface area contributed by atoms with Crippen LogP contribution in [0.5, 0.6) is 0 Å². The van der Waals surface area contributed by atoms with Gasteiger partial charge in [0.15, 0.2) is 4.87 Å². The maximum atomic E-state index is 14.1. The maximum Gasteiger partial charge on any atom is 0.416 e. The van der Waals surface area contributed by atoms with Crippen molar-refractivity contribution >= 4 is 27.7 Å². The molecule has 3 N–H and O–H groups in total. The number of nitrogens with zero attached hydrogens (tertiary/aromatic N) is 3. The van der Waals surface area contributed by atoms with E-state index in [1.54, 1.807) is 20.8 Å². The number of aliphatic carboxylic acids is 1. The Bertz CT molecular complexity index is 1460. The zero-order valence-electron chi connectivity index (χ0n) is 23.6. The molecule has 0 aliphatic rings. The number of sulfone groups is 1. The molecule has 1 aromatic carbocycles. The fraction of sp³-hybridized carbons (Fsp3) is 0.379. The predicted octanol–water partition coefficient (Wildman–Crippen LogP) is 4.43. The number of aromatic nitrogens is 2. The summed E-state index contributed by atoms with van der Waals surface area (Å²) in [7, 11) is -4.30. The first-order valence-corrected chi connectivity index (χ1v) is 14.2. The molecule has 10 nitrogen and oxygen atoms in total. The molecule has 0 aliphatic heterocycles. The summed E-state index contributed by atoms with van der Waals surface area (Å²) in [4.78, 5) is 31.5. The van der Waals surface area contributed by atoms with Crippen molar-refractivity contribution in [3.63, 3.8) is 0 Å². The lowest BCUT2D eigenvalue weighted by atomic mass is 9.86. The minimum absolute atomic E-state index is 0.0762. The summed E-state index contributed by atoms with van der Waals surface area (Å²) in [6, 6.07) is 14.7. The quantitative estimate of drug-likeness (QED) is 0.402. The van der Waals surface area contributed by atoms with Crippen molar-refractivity contribution in [2.45, 2.75) is 68.7 Å². The van der Waals surface area contributed by atoms with Gasteiger partial charge in [0, 0.05) is 18.8 Å². The highest BCUT2D eigenvalue weighted by molar-refractivity contribution is 7.92. The topological polar surface area (TPSA) is 153 Å². The number of carboxylic acids is 1. The summed E-state index contributed by atoms with van der Waals surface area (Å²) in [5, 5.41) is 9.47. The molecule has 0 radical (unpaired) electrons. The van der Waals surface area contributed by atoms with Gasteiger partial charge in [0.25, 0.3) is 0 Å². The van der Waals surface area contributed by atoms with Crippen LogP contribution in [0, 0.1) is 0 Å². The second-order valence-corrected chi connectivity index (χ2v) is 13.8. The van der Waals surface area contributed by atoms with Crippen molar-refractivity contribution in [3.05, 3.63) is 83.8 Å². The van der Waals surface area contributed by atoms with Gasteiger partial charge in [-0.2, -0.15) is 0 Å². The van der Waals surface area contributed by atoms with Crippen LogP contribution in [-0.2, 0) is 36.1 Å². The molecule has 1 unspecified atom stereocenters. The van der Waals surface area contributed by atoms with Gasteiger partial charge in [-0.05, 0) is 61.6 Å². The lowest BCUT2D eigenvalue weighted by molar-refractivity contribution is -0.135. The molecule has 3 aromatic rings. The monoisotopic (exact) mass is 568 g/mol. The second kappa shape index (κ2) is 11.3. The Morgan fingerprint density at radius 2 is 1.62 bits per heavy atom. The van der Waals surface area contributed by atoms with Gasteiger partial charge in [0.05, 0.1) is 10.6 Å². The highest BCUT2D eigenvalue weighted by atomic mass is 32.2. The van der Waals surface area contributed by atoms with Crippen molar-refractivity contribution in [2.24, 2.45) is 5.73 Å². The summed E-state index contributed by atoms with van der Waals surface area (Å²) in [5.41, 5.74) is 7.42. The predicted molar refractivity (Wildman–Crippen MR) is 152 cm³/mol. The van der Waals surface area contributed by atoms with Gasteiger partial charge in [0.1, 0.15) is 18.0 Å². The first-order chi connectivity index (χ1) is 18.4. The smallest absolute Gasteiger partial charge is 0.416 e. The first kappa shape index (κ1) is 30.7. The molecule has 214 valence electrons. The summed E-state index contributed by atoms with van der Waals surface area (Å²) < 4.78 is 33.5. The number of pyridine rings is 2. The fourth-order valence-corrected chi connectivity index (χ4v) is 5.59. The molecular weight excluding hydrogens is 532 g/mol. The number of rotatable bonds is 8. The van der Waals surface area contributed by atoms with E-state index >= 15 is 0 Å². The third-order valence-electron chi connectivity index (χ3n) is 6.06. The third-order valence-corrected chi connectivity index (χ3v) is 8.24. The molecule has 11 heteroatoms. The van der Waals surface area contributed by atoms with Crippen molar-refractivity contribution in [2.75, 3.05) is 11.4 Å². The van der Waals surface area contributed by atoms with Crippen LogP contribution in [0.25, 0.3) is 0 Å². The summed E-state index contributed by atoms with van der Waals surface area (Å²) >= 11 is 0. The number of hydrogen-bond donors (Lipinski definition) is 2. The molecule has 2 aromatic heterocycles. The van der Waals surface area contributed by atoms with Crippen LogP contribution in [0.4, 0.5) is 10.6 Å². The van der Waals surface area contributed by atoms with Gasteiger partial charge in [-0.1, -0.05) is 51.1 Å². The van der Waals surface area contributed by atoms with Crippen molar-refractivity contribution in [1.29, 1.82) is 0 Å². The minimum atomic E-state index is -4.30. The van der Waals surface area contributed by atoms with Crippen LogP contribution in [0.3, 0.4) is 0 Å². The Kier molecular flexibility index (Phi) is 8.71. The number of carbonyl (C=O) groups is 2. The molecule has 0 bridgehead atoms. The van der Waals surface area contributed by atoms with E-state index in [2.05, 4.69) is 30.7 Å². The number of amides is 1. The minimum Gasteiger partial charge on any atom is -0.480 e. The van der Waals surface area contributed by atoms with Crippen LogP contribution < -0.4 is 10.6 Å². The number of hydrogen-bond acceptors (Lipinski definition) is 8. The lowest BCUT2D eigenvalue weighted by Crippen LogP contribution is -2.48. The highest BCUT2D eigenvalue weighted by Gasteiger charge is 2.45. The average molecular weight is 569 g/mol. The van der Waals surface area contributed by atoms with Crippen LogP contribution >= 0.6 is 0 Å². The first-order valence-electron chi connectivity index (χ1n) is 12.7. The Balaban J connectivity index is 2.17. The van der Waals surface area contributed by atoms with E-state index in [0.29, 0.717) is 5.56 Å². The molecule has 0 saturated carbocycles. The van der Waals surface area contributed by atoms with Crippen molar-refractivity contribution < 1.29 is 27.9 Å². The number of ether oxygens (including phenoxy) is 1. The third kappa shape index (κ3) is 7.02. The van der Waals surface area contributed by atoms with E-state index in [1.165, 1.54) is 42.7 Å². The van der Waals surface area contributed by atoms with E-state index in [9.17, 15) is 23.1 Å². The van der Waals surface area contributed by atoms with Crippen LogP contribution in [0.2, 0.25) is 0 Å². The number of carbonyl (C=O) groups excluding carboxylic acids is 1. The van der Waals surface area contributed by atoms with E-state index in [1.807, 2.05) is 24.3 Å². The number of benzene rings is 1. The van der Waals surface area contributed by atoms with Crippen LogP contribution in [0.1, 0.15) is 58.4 Å². The zero-order chi connectivity index (χ0) is 29.9. The van der Waals surface area contributed by atoms with E-state index in [0.717, 1.165) is 10.5 Å². The molecule has 1 amide bonds. The van der Waals surface area contributed by atoms with Crippen LogP contribution in [-0.4, -0.2) is 47.7 Å². The number of carboxylic acid groups (broad SMARTS) is 1. The van der Waals surface area contributed by atoms with E-state index in [4.69, 9.17) is 10.5 Å². The van der Waals surface area contributed by atoms with E-state index in [-0.39, 0.29) is 28.2 Å². The Labute approximate surface area is 235 Å². The summed E-state index contributed by atoms with van der Waals surface area (Å²) in [6.07, 6.45) is 1.55. The fourth-order valence-electron chi connectivity index (χ4n) is 3.97. The van der Waals surface area contributed by atoms with Crippen molar-refractivity contribution in [3.8, 4) is 0 Å². The molecule has 0 saturated heterocycles. The Morgan fingerprint density at radius 1 is 0.975 bits per heavy atom. The molecule has 2 heterocycles. The SMILES string of the molecule is CC(C)(C)OC(=O)N(CC(=O)O)c1cccc(C(N)(Cc2ccc(C(C)(C)C)cc2)S(=O)(=O)c2cccnc2)n1. The standard InChI is InChI=1S/C29H36N4O6S/c1-27(2,3)21-14-12-20(13-15-21)17-29(30,40(37,38)22-9-8-16-31-18-22)23-10-7-11-24(32-23)33(19-25(34)35)26(36)39-28(4,5)6/h7-16,18H,17,19,30H2,1-6H3,(H,34,35). The average Bonchev–Trinajstić information content (AvgIpc) is 2.86. The molecule has 0 spiro atoms. The highest BCUT2D eigenvalue weighted by Crippen LogP contribution is 2.35. The molecule has 0 aliphatic carbocycles.